The smallest absolute Gasteiger partial charge is 0.318 e. The van der Waals surface area contributed by atoms with Crippen LogP contribution in [0.5, 0.6) is 0 Å². The zero-order valence-electron chi connectivity index (χ0n) is 16.1. The number of fused-ring (bicyclic) bond motifs is 2. The van der Waals surface area contributed by atoms with Crippen LogP contribution in [0.15, 0.2) is 60.7 Å². The average molecular weight is 477 g/mol. The van der Waals surface area contributed by atoms with Crippen molar-refractivity contribution in [3.63, 3.8) is 0 Å². The number of hydrogen-bond donors (Lipinski definition) is 0. The second-order valence-corrected chi connectivity index (χ2v) is 8.30. The number of hydrogen-bond acceptors (Lipinski definition) is 2. The lowest BCUT2D eigenvalue weighted by Gasteiger charge is -2.44. The molecular weight excluding hydrogens is 449 g/mol. The Morgan fingerprint density at radius 1 is 0.889 bits per heavy atom. The summed E-state index contributed by atoms with van der Waals surface area (Å²) in [6.07, 6.45) is 4.55. The molecule has 0 spiro atoms. The summed E-state index contributed by atoms with van der Waals surface area (Å²) in [7, 11) is 4.66. The molecule has 2 fully saturated rings. The Morgan fingerprint density at radius 3 is 1.78 bits per heavy atom. The predicted molar refractivity (Wildman–Crippen MR) is 103 cm³/mol. The molecule has 27 heavy (non-hydrogen) atoms. The van der Waals surface area contributed by atoms with Crippen molar-refractivity contribution in [2.24, 2.45) is 0 Å². The third-order valence-corrected chi connectivity index (χ3v) is 6.57. The van der Waals surface area contributed by atoms with Crippen molar-refractivity contribution >= 4 is 5.97 Å². The number of ether oxygens (including phenoxy) is 1. The number of esters is 1. The largest absolute Gasteiger partial charge is 1.00 e. The summed E-state index contributed by atoms with van der Waals surface area (Å²) in [5.41, 5.74) is 2.00. The van der Waals surface area contributed by atoms with Gasteiger partial charge in [-0.05, 0) is 11.1 Å². The molecule has 2 unspecified atom stereocenters. The van der Waals surface area contributed by atoms with E-state index in [2.05, 4.69) is 14.1 Å². The molecule has 2 heterocycles. The molecule has 0 amide bonds. The van der Waals surface area contributed by atoms with Gasteiger partial charge in [0.1, 0.15) is 12.0 Å². The van der Waals surface area contributed by atoms with Crippen LogP contribution < -0.4 is 24.0 Å². The van der Waals surface area contributed by atoms with Crippen molar-refractivity contribution in [2.75, 3.05) is 14.1 Å². The number of rotatable bonds is 4. The number of nitrogens with zero attached hydrogens (tertiary/aromatic N) is 1. The van der Waals surface area contributed by atoms with Gasteiger partial charge in [-0.15, -0.1) is 0 Å². The van der Waals surface area contributed by atoms with Gasteiger partial charge in [-0.3, -0.25) is 4.79 Å². The van der Waals surface area contributed by atoms with E-state index in [1.54, 1.807) is 0 Å². The van der Waals surface area contributed by atoms with E-state index in [-0.39, 0.29) is 42.0 Å². The molecule has 4 heteroatoms. The molecule has 0 radical (unpaired) electrons. The second kappa shape index (κ2) is 8.31. The molecule has 2 aromatic carbocycles. The molecule has 0 aliphatic carbocycles. The van der Waals surface area contributed by atoms with Gasteiger partial charge in [0, 0.05) is 25.7 Å². The monoisotopic (exact) mass is 477 g/mol. The molecule has 2 aliphatic rings. The predicted octanol–water partition coefficient (Wildman–Crippen LogP) is 1.14. The molecule has 144 valence electrons. The molecule has 0 aromatic heterocycles. The van der Waals surface area contributed by atoms with Gasteiger partial charge < -0.3 is 33.2 Å². The van der Waals surface area contributed by atoms with Gasteiger partial charge in [-0.25, -0.2) is 0 Å². The number of quaternary nitrogens is 1. The van der Waals surface area contributed by atoms with Crippen LogP contribution in [0.1, 0.15) is 42.7 Å². The minimum Gasteiger partial charge on any atom is -1.00 e. The number of benzene rings is 2. The summed E-state index contributed by atoms with van der Waals surface area (Å²) in [5, 5.41) is 0. The number of piperidine rings is 1. The Labute approximate surface area is 179 Å². The Kier molecular flexibility index (Phi) is 6.26. The van der Waals surface area contributed by atoms with Crippen LogP contribution in [0, 0.1) is 0 Å². The van der Waals surface area contributed by atoms with Gasteiger partial charge >= 0.3 is 5.97 Å². The van der Waals surface area contributed by atoms with E-state index in [0.717, 1.165) is 28.5 Å². The van der Waals surface area contributed by atoms with Gasteiger partial charge in [0.05, 0.1) is 26.2 Å². The minimum absolute atomic E-state index is 0. The summed E-state index contributed by atoms with van der Waals surface area (Å²) < 4.78 is 7.18. The van der Waals surface area contributed by atoms with E-state index < -0.39 is 0 Å². The first-order valence-corrected chi connectivity index (χ1v) is 9.69. The van der Waals surface area contributed by atoms with Gasteiger partial charge in [0.15, 0.2) is 0 Å². The molecule has 2 atom stereocenters. The van der Waals surface area contributed by atoms with Crippen molar-refractivity contribution in [3.8, 4) is 0 Å². The van der Waals surface area contributed by atoms with E-state index in [9.17, 15) is 4.79 Å². The molecule has 2 bridgehead atoms. The van der Waals surface area contributed by atoms with Gasteiger partial charge in [-0.1, -0.05) is 60.7 Å². The van der Waals surface area contributed by atoms with Crippen molar-refractivity contribution in [1.29, 1.82) is 0 Å². The second-order valence-electron chi connectivity index (χ2n) is 8.30. The van der Waals surface area contributed by atoms with Crippen LogP contribution in [0.4, 0.5) is 0 Å². The Balaban J connectivity index is 0.00000210. The lowest BCUT2D eigenvalue weighted by molar-refractivity contribution is -0.931. The lowest BCUT2D eigenvalue weighted by Crippen LogP contribution is -3.00. The zero-order valence-corrected chi connectivity index (χ0v) is 18.2. The van der Waals surface area contributed by atoms with Gasteiger partial charge in [0.25, 0.3) is 0 Å². The third kappa shape index (κ3) is 4.06. The van der Waals surface area contributed by atoms with Gasteiger partial charge in [0.2, 0.25) is 0 Å². The fourth-order valence-electron chi connectivity index (χ4n) is 4.91. The highest BCUT2D eigenvalue weighted by Gasteiger charge is 2.50. The summed E-state index contributed by atoms with van der Waals surface area (Å²) in [6.45, 7) is 0. The fourth-order valence-corrected chi connectivity index (χ4v) is 4.91. The Bertz CT molecular complexity index is 707. The van der Waals surface area contributed by atoms with E-state index in [1.807, 2.05) is 60.7 Å². The molecule has 2 aliphatic heterocycles. The molecule has 2 saturated heterocycles. The van der Waals surface area contributed by atoms with Crippen LogP contribution in [0.3, 0.4) is 0 Å². The molecule has 2 aromatic rings. The highest BCUT2D eigenvalue weighted by atomic mass is 127. The maximum Gasteiger partial charge on any atom is 0.318 e. The first kappa shape index (κ1) is 20.3. The summed E-state index contributed by atoms with van der Waals surface area (Å²) in [4.78, 5) is 13.2. The fraction of sp³-hybridized carbons (Fsp3) is 0.435. The van der Waals surface area contributed by atoms with Crippen LogP contribution in [0.25, 0.3) is 0 Å². The molecule has 0 saturated carbocycles. The molecular formula is C23H28INO2. The van der Waals surface area contributed by atoms with Crippen LogP contribution in [-0.2, 0) is 9.53 Å². The van der Waals surface area contributed by atoms with Crippen LogP contribution in [-0.4, -0.2) is 42.7 Å². The Hall–Kier alpha value is -1.40. The number of carbonyl (C=O) groups excluding carboxylic acids is 1. The van der Waals surface area contributed by atoms with E-state index in [4.69, 9.17) is 4.74 Å². The normalized spacial score (nSPS) is 25.7. The van der Waals surface area contributed by atoms with E-state index in [0.29, 0.717) is 12.1 Å². The van der Waals surface area contributed by atoms with Crippen molar-refractivity contribution < 1.29 is 38.0 Å². The quantitative estimate of drug-likeness (QED) is 0.375. The topological polar surface area (TPSA) is 26.3 Å². The van der Waals surface area contributed by atoms with Gasteiger partial charge in [-0.2, -0.15) is 0 Å². The minimum atomic E-state index is -0.348. The first-order chi connectivity index (χ1) is 12.6. The summed E-state index contributed by atoms with van der Waals surface area (Å²) >= 11 is 0. The maximum atomic E-state index is 13.2. The average Bonchev–Trinajstić information content (AvgIpc) is 2.81. The number of halogens is 1. The van der Waals surface area contributed by atoms with E-state index >= 15 is 0 Å². The summed E-state index contributed by atoms with van der Waals surface area (Å²) in [5.74, 6) is -0.460. The maximum absolute atomic E-state index is 13.2. The Morgan fingerprint density at radius 2 is 1.33 bits per heavy atom. The first-order valence-electron chi connectivity index (χ1n) is 9.69. The SMILES string of the molecule is C[N+]1(C)C2CCC1CC(OC(=O)C(c1ccccc1)c1ccccc1)C2.[I-]. The van der Waals surface area contributed by atoms with E-state index in [1.165, 1.54) is 12.8 Å². The lowest BCUT2D eigenvalue weighted by atomic mass is 9.91. The van der Waals surface area contributed by atoms with Crippen LogP contribution in [0.2, 0.25) is 0 Å². The van der Waals surface area contributed by atoms with Crippen molar-refractivity contribution in [3.05, 3.63) is 71.8 Å². The van der Waals surface area contributed by atoms with Crippen molar-refractivity contribution in [2.45, 2.75) is 49.8 Å². The molecule has 3 nitrogen and oxygen atoms in total. The third-order valence-electron chi connectivity index (χ3n) is 6.57. The highest BCUT2D eigenvalue weighted by Crippen LogP contribution is 2.41. The van der Waals surface area contributed by atoms with Crippen LogP contribution >= 0.6 is 0 Å². The number of carbonyl (C=O) groups is 1. The summed E-state index contributed by atoms with van der Waals surface area (Å²) in [6, 6.07) is 21.2. The zero-order chi connectivity index (χ0) is 18.1. The highest BCUT2D eigenvalue weighted by molar-refractivity contribution is 5.82. The molecule has 0 N–H and O–H groups in total. The van der Waals surface area contributed by atoms with Crippen molar-refractivity contribution in [1.82, 2.24) is 0 Å². The molecule has 4 rings (SSSR count). The standard InChI is InChI=1S/C23H28NO2.HI/c1-24(2)19-13-14-20(24)16-21(15-19)26-23(25)22(17-9-5-3-6-10-17)18-11-7-4-8-12-18;/h3-12,19-22H,13-16H2,1-2H3;1H/q+1;/p-1.